The summed E-state index contributed by atoms with van der Waals surface area (Å²) in [5, 5.41) is 0.121. The second kappa shape index (κ2) is 7.66. The van der Waals surface area contributed by atoms with E-state index in [1.165, 1.54) is 12.1 Å². The van der Waals surface area contributed by atoms with Gasteiger partial charge >= 0.3 is 0 Å². The summed E-state index contributed by atoms with van der Waals surface area (Å²) >= 11 is 3.42. The molecule has 33 heavy (non-hydrogen) atoms. The first kappa shape index (κ1) is 21.6. The van der Waals surface area contributed by atoms with Crippen molar-refractivity contribution in [3.63, 3.8) is 0 Å². The van der Waals surface area contributed by atoms with Crippen molar-refractivity contribution in [3.05, 3.63) is 110 Å². The quantitative estimate of drug-likeness (QED) is 0.303. The third-order valence-corrected chi connectivity index (χ3v) is 6.56. The molecule has 0 radical (unpaired) electrons. The Balaban J connectivity index is 1.77. The standard InChI is InChI=1S/C27H21BrFNO3/c1-27(2,3)16-6-4-15(5-7-16)23-22-24(31)20-14-18(29)10-13-21(20)33-25(22)26(32)30(23)19-11-8-17(28)9-12-19/h4-14,23H,1-3H3. The number of anilines is 1. The molecule has 4 nitrogen and oxygen atoms in total. The van der Waals surface area contributed by atoms with Gasteiger partial charge in [0, 0.05) is 10.2 Å². The van der Waals surface area contributed by atoms with Crippen molar-refractivity contribution in [1.29, 1.82) is 0 Å². The number of fused-ring (bicyclic) bond motifs is 2. The summed E-state index contributed by atoms with van der Waals surface area (Å²) < 4.78 is 20.7. The van der Waals surface area contributed by atoms with E-state index < -0.39 is 23.2 Å². The smallest absolute Gasteiger partial charge is 0.295 e. The van der Waals surface area contributed by atoms with Crippen LogP contribution in [0.25, 0.3) is 11.0 Å². The highest BCUT2D eigenvalue weighted by Crippen LogP contribution is 2.42. The Morgan fingerprint density at radius 2 is 1.61 bits per heavy atom. The summed E-state index contributed by atoms with van der Waals surface area (Å²) in [6, 6.07) is 18.3. The number of amides is 1. The summed E-state index contributed by atoms with van der Waals surface area (Å²) in [5.41, 5.74) is 2.52. The molecule has 3 aromatic carbocycles. The minimum Gasteiger partial charge on any atom is -0.450 e. The van der Waals surface area contributed by atoms with E-state index >= 15 is 0 Å². The van der Waals surface area contributed by atoms with Gasteiger partial charge in [0.2, 0.25) is 5.76 Å². The molecule has 0 N–H and O–H groups in total. The molecule has 0 fully saturated rings. The predicted molar refractivity (Wildman–Crippen MR) is 130 cm³/mol. The average Bonchev–Trinajstić information content (AvgIpc) is 3.07. The van der Waals surface area contributed by atoms with Crippen LogP contribution in [0.15, 0.2) is 80.4 Å². The third kappa shape index (κ3) is 3.59. The summed E-state index contributed by atoms with van der Waals surface area (Å²) in [6.45, 7) is 6.37. The Labute approximate surface area is 198 Å². The lowest BCUT2D eigenvalue weighted by Crippen LogP contribution is -2.29. The lowest BCUT2D eigenvalue weighted by Gasteiger charge is -2.26. The second-order valence-electron chi connectivity index (χ2n) is 9.24. The van der Waals surface area contributed by atoms with E-state index in [0.717, 1.165) is 21.7 Å². The van der Waals surface area contributed by atoms with Crippen LogP contribution in [0.5, 0.6) is 0 Å². The fraction of sp³-hybridized carbons (Fsp3) is 0.185. The van der Waals surface area contributed by atoms with Crippen LogP contribution in [0.1, 0.15) is 54.1 Å². The predicted octanol–water partition coefficient (Wildman–Crippen LogP) is 6.74. The SMILES string of the molecule is CC(C)(C)c1ccc(C2c3c(oc4ccc(F)cc4c3=O)C(=O)N2c2ccc(Br)cc2)cc1. The van der Waals surface area contributed by atoms with Gasteiger partial charge in [-0.15, -0.1) is 0 Å². The second-order valence-corrected chi connectivity index (χ2v) is 10.2. The normalized spacial score (nSPS) is 15.8. The highest BCUT2D eigenvalue weighted by atomic mass is 79.9. The van der Waals surface area contributed by atoms with E-state index in [4.69, 9.17) is 4.42 Å². The molecule has 0 spiro atoms. The monoisotopic (exact) mass is 505 g/mol. The van der Waals surface area contributed by atoms with Gasteiger partial charge in [0.15, 0.2) is 5.43 Å². The number of nitrogens with zero attached hydrogens (tertiary/aromatic N) is 1. The largest absolute Gasteiger partial charge is 0.450 e. The maximum Gasteiger partial charge on any atom is 0.295 e. The number of carbonyl (C=O) groups excluding carboxylic acids is 1. The molecule has 4 aromatic rings. The fourth-order valence-electron chi connectivity index (χ4n) is 4.29. The molecular weight excluding hydrogens is 485 g/mol. The molecule has 2 heterocycles. The molecule has 0 aliphatic carbocycles. The molecule has 1 unspecified atom stereocenters. The fourth-order valence-corrected chi connectivity index (χ4v) is 4.56. The summed E-state index contributed by atoms with van der Waals surface area (Å²) in [7, 11) is 0. The number of rotatable bonds is 2. The lowest BCUT2D eigenvalue weighted by atomic mass is 9.86. The Kier molecular flexibility index (Phi) is 5.01. The lowest BCUT2D eigenvalue weighted by molar-refractivity contribution is 0.0971. The zero-order valence-corrected chi connectivity index (χ0v) is 19.9. The van der Waals surface area contributed by atoms with E-state index in [1.807, 2.05) is 48.5 Å². The minimum atomic E-state index is -0.688. The highest BCUT2D eigenvalue weighted by Gasteiger charge is 2.43. The van der Waals surface area contributed by atoms with Gasteiger partial charge in [0.05, 0.1) is 17.0 Å². The maximum atomic E-state index is 13.9. The van der Waals surface area contributed by atoms with E-state index in [-0.39, 0.29) is 27.7 Å². The van der Waals surface area contributed by atoms with Crippen LogP contribution in [0.2, 0.25) is 0 Å². The van der Waals surface area contributed by atoms with Crippen molar-refractivity contribution in [2.45, 2.75) is 32.2 Å². The number of benzene rings is 3. The van der Waals surface area contributed by atoms with Crippen molar-refractivity contribution in [3.8, 4) is 0 Å². The molecule has 1 amide bonds. The Morgan fingerprint density at radius 3 is 2.24 bits per heavy atom. The van der Waals surface area contributed by atoms with Crippen molar-refractivity contribution in [1.82, 2.24) is 0 Å². The van der Waals surface area contributed by atoms with E-state index in [0.29, 0.717) is 5.69 Å². The third-order valence-electron chi connectivity index (χ3n) is 6.03. The Hall–Kier alpha value is -3.25. The van der Waals surface area contributed by atoms with Gasteiger partial charge in [-0.3, -0.25) is 14.5 Å². The van der Waals surface area contributed by atoms with Crippen LogP contribution >= 0.6 is 15.9 Å². The van der Waals surface area contributed by atoms with E-state index in [1.54, 1.807) is 4.90 Å². The molecule has 0 saturated carbocycles. The highest BCUT2D eigenvalue weighted by molar-refractivity contribution is 9.10. The molecule has 6 heteroatoms. The number of hydrogen-bond donors (Lipinski definition) is 0. The molecule has 1 aromatic heterocycles. The number of hydrogen-bond acceptors (Lipinski definition) is 3. The molecule has 1 aliphatic heterocycles. The molecule has 1 atom stereocenters. The first-order chi connectivity index (χ1) is 15.6. The number of halogens is 2. The molecule has 0 saturated heterocycles. The van der Waals surface area contributed by atoms with Crippen LogP contribution in [-0.2, 0) is 5.41 Å². The van der Waals surface area contributed by atoms with Gasteiger partial charge in [-0.2, -0.15) is 0 Å². The zero-order chi connectivity index (χ0) is 23.5. The first-order valence-electron chi connectivity index (χ1n) is 10.6. The van der Waals surface area contributed by atoms with Gasteiger partial charge in [-0.25, -0.2) is 4.39 Å². The van der Waals surface area contributed by atoms with Crippen LogP contribution in [-0.4, -0.2) is 5.91 Å². The maximum absolute atomic E-state index is 13.9. The Morgan fingerprint density at radius 1 is 0.939 bits per heavy atom. The summed E-state index contributed by atoms with van der Waals surface area (Å²) in [5.74, 6) is -0.942. The van der Waals surface area contributed by atoms with Gasteiger partial charge in [0.1, 0.15) is 11.4 Å². The Bertz CT molecular complexity index is 1450. The average molecular weight is 506 g/mol. The van der Waals surface area contributed by atoms with Crippen LogP contribution < -0.4 is 10.3 Å². The van der Waals surface area contributed by atoms with E-state index in [2.05, 4.69) is 36.7 Å². The molecule has 166 valence electrons. The van der Waals surface area contributed by atoms with Crippen molar-refractivity contribution < 1.29 is 13.6 Å². The number of carbonyl (C=O) groups is 1. The van der Waals surface area contributed by atoms with Gasteiger partial charge in [0.25, 0.3) is 5.91 Å². The van der Waals surface area contributed by atoms with Gasteiger partial charge in [-0.05, 0) is 59.0 Å². The summed E-state index contributed by atoms with van der Waals surface area (Å²) in [4.78, 5) is 28.7. The molecule has 0 bridgehead atoms. The first-order valence-corrected chi connectivity index (χ1v) is 11.4. The van der Waals surface area contributed by atoms with Crippen LogP contribution in [0.3, 0.4) is 0 Å². The van der Waals surface area contributed by atoms with Gasteiger partial charge < -0.3 is 4.42 Å². The van der Waals surface area contributed by atoms with Crippen LogP contribution in [0, 0.1) is 5.82 Å². The molecular formula is C27H21BrFNO3. The van der Waals surface area contributed by atoms with Crippen LogP contribution in [0.4, 0.5) is 10.1 Å². The van der Waals surface area contributed by atoms with Crippen molar-refractivity contribution in [2.75, 3.05) is 4.90 Å². The van der Waals surface area contributed by atoms with Crippen molar-refractivity contribution in [2.24, 2.45) is 0 Å². The van der Waals surface area contributed by atoms with E-state index in [9.17, 15) is 14.0 Å². The van der Waals surface area contributed by atoms with Gasteiger partial charge in [-0.1, -0.05) is 61.0 Å². The minimum absolute atomic E-state index is 0.00748. The summed E-state index contributed by atoms with van der Waals surface area (Å²) in [6.07, 6.45) is 0. The molecule has 5 rings (SSSR count). The zero-order valence-electron chi connectivity index (χ0n) is 18.4. The topological polar surface area (TPSA) is 50.5 Å². The van der Waals surface area contributed by atoms with Crippen molar-refractivity contribution >= 4 is 38.5 Å². The molecule has 1 aliphatic rings.